The number of benzene rings is 2. The third-order valence-corrected chi connectivity index (χ3v) is 5.29. The fraction of sp³-hybridized carbons (Fsp3) is 0.208. The van der Waals surface area contributed by atoms with E-state index >= 15 is 0 Å². The number of nitrogens with one attached hydrogen (secondary N) is 1. The average molecular weight is 429 g/mol. The molecule has 8 heteroatoms. The van der Waals surface area contributed by atoms with Gasteiger partial charge in [-0.15, -0.1) is 0 Å². The molecule has 0 unspecified atom stereocenters. The largest absolute Gasteiger partial charge is 0.493 e. The number of fused-ring (bicyclic) bond motifs is 2. The summed E-state index contributed by atoms with van der Waals surface area (Å²) in [4.78, 5) is 13.7. The van der Waals surface area contributed by atoms with E-state index < -0.39 is 0 Å². The average Bonchev–Trinajstić information content (AvgIpc) is 3.48. The second-order valence-electron chi connectivity index (χ2n) is 7.43. The van der Waals surface area contributed by atoms with Crippen molar-refractivity contribution in [1.82, 2.24) is 14.4 Å². The number of aliphatic hydroxyl groups is 1. The number of methoxy groups -OCH3 is 1. The number of nitrogens with zero attached hydrogens (tertiary/aromatic N) is 4. The van der Waals surface area contributed by atoms with Gasteiger partial charge >= 0.3 is 0 Å². The van der Waals surface area contributed by atoms with E-state index in [9.17, 15) is 0 Å². The van der Waals surface area contributed by atoms with Crippen molar-refractivity contribution in [2.75, 3.05) is 25.6 Å². The van der Waals surface area contributed by atoms with Gasteiger partial charge in [0, 0.05) is 55.2 Å². The minimum Gasteiger partial charge on any atom is -0.493 e. The first-order chi connectivity index (χ1) is 15.7. The molecule has 162 valence electrons. The van der Waals surface area contributed by atoms with Crippen molar-refractivity contribution in [3.8, 4) is 22.8 Å². The van der Waals surface area contributed by atoms with Crippen molar-refractivity contribution >= 4 is 23.4 Å². The third-order valence-electron chi connectivity index (χ3n) is 5.29. The van der Waals surface area contributed by atoms with Gasteiger partial charge in [0.25, 0.3) is 0 Å². The highest BCUT2D eigenvalue weighted by Crippen LogP contribution is 2.33. The van der Waals surface area contributed by atoms with E-state index in [2.05, 4.69) is 33.5 Å². The third kappa shape index (κ3) is 3.88. The lowest BCUT2D eigenvalue weighted by atomic mass is 10.0. The van der Waals surface area contributed by atoms with Crippen LogP contribution in [0.15, 0.2) is 60.0 Å². The van der Waals surface area contributed by atoms with E-state index in [0.717, 1.165) is 28.2 Å². The molecule has 0 radical (unpaired) electrons. The topological polar surface area (TPSA) is 93.3 Å². The zero-order chi connectivity index (χ0) is 21.9. The summed E-state index contributed by atoms with van der Waals surface area (Å²) >= 11 is 0. The summed E-state index contributed by atoms with van der Waals surface area (Å²) in [5.74, 6) is 1.86. The van der Waals surface area contributed by atoms with Crippen LogP contribution >= 0.6 is 0 Å². The highest BCUT2D eigenvalue weighted by molar-refractivity contribution is 5.86. The smallest absolute Gasteiger partial charge is 0.180 e. The van der Waals surface area contributed by atoms with Crippen LogP contribution in [0, 0.1) is 0 Å². The molecule has 0 fully saturated rings. The van der Waals surface area contributed by atoms with E-state index in [4.69, 9.17) is 19.6 Å². The molecule has 0 atom stereocenters. The van der Waals surface area contributed by atoms with Crippen molar-refractivity contribution in [2.24, 2.45) is 4.99 Å². The molecule has 1 aliphatic heterocycles. The van der Waals surface area contributed by atoms with E-state index in [0.29, 0.717) is 36.9 Å². The second kappa shape index (κ2) is 8.68. The molecule has 5 rings (SSSR count). The molecule has 0 saturated heterocycles. The highest BCUT2D eigenvalue weighted by Gasteiger charge is 2.14. The van der Waals surface area contributed by atoms with Gasteiger partial charge in [-0.25, -0.2) is 9.97 Å². The lowest BCUT2D eigenvalue weighted by Gasteiger charge is -2.14. The van der Waals surface area contributed by atoms with Gasteiger partial charge < -0.3 is 24.3 Å². The summed E-state index contributed by atoms with van der Waals surface area (Å²) < 4.78 is 13.1. The van der Waals surface area contributed by atoms with Crippen LogP contribution in [0.5, 0.6) is 11.5 Å². The SMILES string of the molecule is COc1cc(Nc2nc(-c3ccc4c(c3)CN=C4)cn3ccnc23)ccc1OCCCO. The number of anilines is 2. The summed E-state index contributed by atoms with van der Waals surface area (Å²) in [6.07, 6.45) is 8.10. The number of aliphatic hydroxyl groups excluding tert-OH is 1. The number of ether oxygens (including phenoxy) is 2. The van der Waals surface area contributed by atoms with Gasteiger partial charge in [0.05, 0.1) is 26.0 Å². The molecule has 2 aromatic carbocycles. The number of aromatic nitrogens is 3. The predicted octanol–water partition coefficient (Wildman–Crippen LogP) is 3.84. The zero-order valence-corrected chi connectivity index (χ0v) is 17.7. The molecular formula is C24H23N5O3. The Labute approximate surface area is 185 Å². The standard InChI is InChI=1S/C24H23N5O3/c1-31-22-12-19(5-6-21(22)32-10-2-9-30)27-23-24-26-7-8-29(24)15-20(28-23)16-3-4-17-13-25-14-18(17)11-16/h3-8,11-13,15,30H,2,9-10,14H2,1H3,(H,27,28). The van der Waals surface area contributed by atoms with Crippen LogP contribution in [0.1, 0.15) is 17.5 Å². The summed E-state index contributed by atoms with van der Waals surface area (Å²) in [7, 11) is 1.60. The first-order valence-electron chi connectivity index (χ1n) is 10.4. The maximum Gasteiger partial charge on any atom is 0.180 e. The number of imidazole rings is 1. The fourth-order valence-electron chi connectivity index (χ4n) is 3.67. The number of hydrogen-bond donors (Lipinski definition) is 2. The predicted molar refractivity (Wildman–Crippen MR) is 123 cm³/mol. The van der Waals surface area contributed by atoms with Gasteiger partial charge in [0.2, 0.25) is 0 Å². The molecule has 2 aromatic heterocycles. The van der Waals surface area contributed by atoms with Crippen LogP contribution in [0.25, 0.3) is 16.9 Å². The molecule has 3 heterocycles. The van der Waals surface area contributed by atoms with Crippen LogP contribution < -0.4 is 14.8 Å². The summed E-state index contributed by atoms with van der Waals surface area (Å²) in [6, 6.07) is 11.9. The summed E-state index contributed by atoms with van der Waals surface area (Å²) in [5, 5.41) is 12.3. The van der Waals surface area contributed by atoms with Crippen LogP contribution in [-0.4, -0.2) is 46.0 Å². The van der Waals surface area contributed by atoms with Crippen LogP contribution in [-0.2, 0) is 6.54 Å². The normalized spacial score (nSPS) is 12.2. The molecule has 0 amide bonds. The molecule has 8 nitrogen and oxygen atoms in total. The van der Waals surface area contributed by atoms with Gasteiger partial charge in [0.1, 0.15) is 0 Å². The van der Waals surface area contributed by atoms with Crippen molar-refractivity contribution in [3.05, 3.63) is 66.1 Å². The monoisotopic (exact) mass is 429 g/mol. The molecule has 0 saturated carbocycles. The van der Waals surface area contributed by atoms with E-state index in [-0.39, 0.29) is 6.61 Å². The first kappa shape index (κ1) is 20.0. The highest BCUT2D eigenvalue weighted by atomic mass is 16.5. The van der Waals surface area contributed by atoms with E-state index in [1.165, 1.54) is 5.56 Å². The first-order valence-corrected chi connectivity index (χ1v) is 10.4. The van der Waals surface area contributed by atoms with Gasteiger partial charge in [-0.1, -0.05) is 12.1 Å². The van der Waals surface area contributed by atoms with Crippen LogP contribution in [0.3, 0.4) is 0 Å². The summed E-state index contributed by atoms with van der Waals surface area (Å²) in [6.45, 7) is 1.21. The molecule has 32 heavy (non-hydrogen) atoms. The fourth-order valence-corrected chi connectivity index (χ4v) is 3.67. The lowest BCUT2D eigenvalue weighted by Crippen LogP contribution is -2.03. The maximum absolute atomic E-state index is 8.96. The van der Waals surface area contributed by atoms with E-state index in [1.807, 2.05) is 41.2 Å². The molecule has 0 aliphatic carbocycles. The number of rotatable bonds is 8. The summed E-state index contributed by atoms with van der Waals surface area (Å²) in [5.41, 5.74) is 5.74. The quantitative estimate of drug-likeness (QED) is 0.414. The van der Waals surface area contributed by atoms with Crippen LogP contribution in [0.2, 0.25) is 0 Å². The Bertz CT molecular complexity index is 1300. The molecule has 2 N–H and O–H groups in total. The molecule has 0 bridgehead atoms. The lowest BCUT2D eigenvalue weighted by molar-refractivity contribution is 0.228. The Balaban J connectivity index is 1.47. The Kier molecular flexibility index (Phi) is 5.43. The molecule has 0 spiro atoms. The van der Waals surface area contributed by atoms with Crippen LogP contribution in [0.4, 0.5) is 11.5 Å². The minimum absolute atomic E-state index is 0.0848. The Morgan fingerprint density at radius 3 is 2.97 bits per heavy atom. The van der Waals surface area contributed by atoms with Gasteiger partial charge in [-0.05, 0) is 29.3 Å². The minimum atomic E-state index is 0.0848. The second-order valence-corrected chi connectivity index (χ2v) is 7.43. The van der Waals surface area contributed by atoms with Crippen molar-refractivity contribution < 1.29 is 14.6 Å². The zero-order valence-electron chi connectivity index (χ0n) is 17.7. The van der Waals surface area contributed by atoms with Crippen molar-refractivity contribution in [2.45, 2.75) is 13.0 Å². The van der Waals surface area contributed by atoms with Crippen molar-refractivity contribution in [3.63, 3.8) is 0 Å². The molecule has 1 aliphatic rings. The Hall–Kier alpha value is -3.91. The number of hydrogen-bond acceptors (Lipinski definition) is 7. The Morgan fingerprint density at radius 2 is 2.09 bits per heavy atom. The van der Waals surface area contributed by atoms with Crippen molar-refractivity contribution in [1.29, 1.82) is 0 Å². The number of aliphatic imine (C=N–C) groups is 1. The van der Waals surface area contributed by atoms with Gasteiger partial charge in [-0.2, -0.15) is 0 Å². The van der Waals surface area contributed by atoms with E-state index in [1.54, 1.807) is 13.3 Å². The molecular weight excluding hydrogens is 406 g/mol. The van der Waals surface area contributed by atoms with Gasteiger partial charge in [0.15, 0.2) is 23.0 Å². The van der Waals surface area contributed by atoms with Gasteiger partial charge in [-0.3, -0.25) is 4.99 Å². The Morgan fingerprint density at radius 1 is 1.16 bits per heavy atom. The molecule has 4 aromatic rings. The maximum atomic E-state index is 8.96.